The van der Waals surface area contributed by atoms with Gasteiger partial charge in [0.25, 0.3) is 0 Å². The molecule has 7 nitrogen and oxygen atoms in total. The van der Waals surface area contributed by atoms with E-state index < -0.39 is 10.0 Å². The summed E-state index contributed by atoms with van der Waals surface area (Å²) in [6.07, 6.45) is 3.67. The fourth-order valence-electron chi connectivity index (χ4n) is 1.90. The highest BCUT2D eigenvalue weighted by Gasteiger charge is 2.23. The second-order valence-corrected chi connectivity index (χ2v) is 6.29. The SMILES string of the molecule is O=C1CCC(CNS(=O)(=O)c2cncc(C#CCO)c2)N1. The average molecular weight is 309 g/mol. The molecule has 0 aliphatic carbocycles. The van der Waals surface area contributed by atoms with Crippen molar-refractivity contribution < 1.29 is 18.3 Å². The third-order valence-electron chi connectivity index (χ3n) is 2.94. The monoisotopic (exact) mass is 309 g/mol. The summed E-state index contributed by atoms with van der Waals surface area (Å²) >= 11 is 0. The van der Waals surface area contributed by atoms with Crippen molar-refractivity contribution in [2.24, 2.45) is 0 Å². The Kier molecular flexibility index (Phi) is 4.90. The molecule has 2 heterocycles. The highest BCUT2D eigenvalue weighted by molar-refractivity contribution is 7.89. The normalized spacial score (nSPS) is 18.0. The van der Waals surface area contributed by atoms with Crippen molar-refractivity contribution in [3.8, 4) is 11.8 Å². The Morgan fingerprint density at radius 3 is 2.95 bits per heavy atom. The van der Waals surface area contributed by atoms with E-state index >= 15 is 0 Å². The molecule has 1 aliphatic rings. The number of carbonyl (C=O) groups is 1. The van der Waals surface area contributed by atoms with Gasteiger partial charge in [-0.1, -0.05) is 11.8 Å². The van der Waals surface area contributed by atoms with E-state index in [1.807, 2.05) is 0 Å². The molecule has 0 bridgehead atoms. The molecule has 1 atom stereocenters. The second-order valence-electron chi connectivity index (χ2n) is 4.52. The predicted molar refractivity (Wildman–Crippen MR) is 74.6 cm³/mol. The Morgan fingerprint density at radius 1 is 1.48 bits per heavy atom. The minimum absolute atomic E-state index is 0.00318. The number of hydrogen-bond donors (Lipinski definition) is 3. The van der Waals surface area contributed by atoms with Gasteiger partial charge in [0.05, 0.1) is 0 Å². The molecule has 1 saturated heterocycles. The topological polar surface area (TPSA) is 108 Å². The third kappa shape index (κ3) is 4.26. The molecule has 1 aliphatic heterocycles. The third-order valence-corrected chi connectivity index (χ3v) is 4.33. The first-order valence-electron chi connectivity index (χ1n) is 6.35. The van der Waals surface area contributed by atoms with E-state index in [0.717, 1.165) is 0 Å². The molecule has 1 amide bonds. The van der Waals surface area contributed by atoms with E-state index in [2.05, 4.69) is 26.9 Å². The maximum atomic E-state index is 12.1. The van der Waals surface area contributed by atoms with E-state index in [4.69, 9.17) is 5.11 Å². The zero-order valence-electron chi connectivity index (χ0n) is 11.2. The van der Waals surface area contributed by atoms with Crippen LogP contribution < -0.4 is 10.0 Å². The minimum atomic E-state index is -3.71. The number of nitrogens with one attached hydrogen (secondary N) is 2. The van der Waals surface area contributed by atoms with E-state index in [1.54, 1.807) is 0 Å². The lowest BCUT2D eigenvalue weighted by molar-refractivity contribution is -0.119. The number of aliphatic hydroxyl groups is 1. The van der Waals surface area contributed by atoms with E-state index in [1.165, 1.54) is 18.5 Å². The maximum Gasteiger partial charge on any atom is 0.242 e. The number of sulfonamides is 1. The van der Waals surface area contributed by atoms with E-state index in [9.17, 15) is 13.2 Å². The van der Waals surface area contributed by atoms with Crippen LogP contribution in [0.4, 0.5) is 0 Å². The van der Waals surface area contributed by atoms with Crippen LogP contribution in [0.3, 0.4) is 0 Å². The summed E-state index contributed by atoms with van der Waals surface area (Å²) in [7, 11) is -3.71. The fourth-order valence-corrected chi connectivity index (χ4v) is 2.97. The maximum absolute atomic E-state index is 12.1. The summed E-state index contributed by atoms with van der Waals surface area (Å²) in [5.41, 5.74) is 0.404. The zero-order chi connectivity index (χ0) is 15.3. The van der Waals surface area contributed by atoms with Gasteiger partial charge in [0.1, 0.15) is 11.5 Å². The van der Waals surface area contributed by atoms with Crippen LogP contribution in [0.1, 0.15) is 18.4 Å². The average Bonchev–Trinajstić information content (AvgIpc) is 2.89. The van der Waals surface area contributed by atoms with Crippen molar-refractivity contribution in [1.82, 2.24) is 15.0 Å². The van der Waals surface area contributed by atoms with E-state index in [0.29, 0.717) is 18.4 Å². The van der Waals surface area contributed by atoms with E-state index in [-0.39, 0.29) is 30.0 Å². The predicted octanol–water partition coefficient (Wildman–Crippen LogP) is -1.02. The molecule has 0 aromatic carbocycles. The van der Waals surface area contributed by atoms with Gasteiger partial charge in [-0.25, -0.2) is 13.1 Å². The van der Waals surface area contributed by atoms with Gasteiger partial charge in [0.2, 0.25) is 15.9 Å². The van der Waals surface area contributed by atoms with Crippen LogP contribution >= 0.6 is 0 Å². The van der Waals surface area contributed by atoms with Gasteiger partial charge in [0.15, 0.2) is 0 Å². The molecule has 8 heteroatoms. The Labute approximate surface area is 122 Å². The molecule has 2 rings (SSSR count). The first kappa shape index (κ1) is 15.4. The number of pyridine rings is 1. The molecule has 0 spiro atoms. The standard InChI is InChI=1S/C13H15N3O4S/c17-5-1-2-10-6-12(9-14-7-10)21(19,20)15-8-11-3-4-13(18)16-11/h6-7,9,11,15,17H,3-5,8H2,(H,16,18). The van der Waals surface area contributed by atoms with Gasteiger partial charge in [-0.05, 0) is 12.5 Å². The van der Waals surface area contributed by atoms with Gasteiger partial charge < -0.3 is 10.4 Å². The summed E-state index contributed by atoms with van der Waals surface area (Å²) in [5, 5.41) is 11.3. The zero-order valence-corrected chi connectivity index (χ0v) is 12.0. The molecule has 3 N–H and O–H groups in total. The summed E-state index contributed by atoms with van der Waals surface area (Å²) < 4.78 is 26.7. The number of amides is 1. The van der Waals surface area contributed by atoms with Crippen molar-refractivity contribution >= 4 is 15.9 Å². The lowest BCUT2D eigenvalue weighted by Crippen LogP contribution is -2.38. The van der Waals surface area contributed by atoms with Gasteiger partial charge in [-0.2, -0.15) is 0 Å². The Balaban J connectivity index is 2.06. The number of hydrogen-bond acceptors (Lipinski definition) is 5. The summed E-state index contributed by atoms with van der Waals surface area (Å²) in [6.45, 7) is -0.169. The van der Waals surface area contributed by atoms with Crippen LogP contribution in [0.25, 0.3) is 0 Å². The van der Waals surface area contributed by atoms with Crippen molar-refractivity contribution in [3.05, 3.63) is 24.0 Å². The smallest absolute Gasteiger partial charge is 0.242 e. The highest BCUT2D eigenvalue weighted by Crippen LogP contribution is 2.10. The van der Waals surface area contributed by atoms with Crippen LogP contribution in [0.5, 0.6) is 0 Å². The lowest BCUT2D eigenvalue weighted by Gasteiger charge is -2.11. The molecule has 0 radical (unpaired) electrons. The van der Waals surface area contributed by atoms with Crippen molar-refractivity contribution in [1.29, 1.82) is 0 Å². The first-order chi connectivity index (χ1) is 10.0. The van der Waals surface area contributed by atoms with Crippen LogP contribution in [-0.4, -0.2) is 43.6 Å². The number of rotatable bonds is 4. The largest absolute Gasteiger partial charge is 0.384 e. The minimum Gasteiger partial charge on any atom is -0.384 e. The van der Waals surface area contributed by atoms with Crippen molar-refractivity contribution in [3.63, 3.8) is 0 Å². The Hall–Kier alpha value is -1.95. The Morgan fingerprint density at radius 2 is 2.29 bits per heavy atom. The number of aliphatic hydroxyl groups excluding tert-OH is 1. The van der Waals surface area contributed by atoms with Gasteiger partial charge >= 0.3 is 0 Å². The molecule has 0 saturated carbocycles. The molecular formula is C13H15N3O4S. The number of nitrogens with zero attached hydrogens (tertiary/aromatic N) is 1. The van der Waals surface area contributed by atoms with Crippen LogP contribution in [0.2, 0.25) is 0 Å². The van der Waals surface area contributed by atoms with Crippen molar-refractivity contribution in [2.45, 2.75) is 23.8 Å². The molecule has 1 aromatic heterocycles. The fraction of sp³-hybridized carbons (Fsp3) is 0.385. The number of aromatic nitrogens is 1. The number of carbonyl (C=O) groups excluding carboxylic acids is 1. The summed E-state index contributed by atoms with van der Waals surface area (Å²) in [5.74, 6) is 4.96. The van der Waals surface area contributed by atoms with Gasteiger partial charge in [-0.15, -0.1) is 0 Å². The van der Waals surface area contributed by atoms with Gasteiger partial charge in [0, 0.05) is 37.0 Å². The van der Waals surface area contributed by atoms with Crippen molar-refractivity contribution in [2.75, 3.05) is 13.2 Å². The highest BCUT2D eigenvalue weighted by atomic mass is 32.2. The summed E-state index contributed by atoms with van der Waals surface area (Å²) in [6, 6.07) is 1.20. The first-order valence-corrected chi connectivity index (χ1v) is 7.83. The molecule has 112 valence electrons. The van der Waals surface area contributed by atoms with Gasteiger partial charge in [-0.3, -0.25) is 9.78 Å². The van der Waals surface area contributed by atoms with Crippen LogP contribution in [0, 0.1) is 11.8 Å². The molecular weight excluding hydrogens is 294 g/mol. The molecule has 1 aromatic rings. The van der Waals surface area contributed by atoms with Crippen LogP contribution in [-0.2, 0) is 14.8 Å². The quantitative estimate of drug-likeness (QED) is 0.617. The Bertz CT molecular complexity index is 691. The van der Waals surface area contributed by atoms with Crippen LogP contribution in [0.15, 0.2) is 23.4 Å². The molecule has 1 unspecified atom stereocenters. The summed E-state index contributed by atoms with van der Waals surface area (Å²) in [4.78, 5) is 14.9. The molecule has 21 heavy (non-hydrogen) atoms. The molecule has 1 fully saturated rings. The lowest BCUT2D eigenvalue weighted by atomic mass is 10.2. The second kappa shape index (κ2) is 6.67.